The summed E-state index contributed by atoms with van der Waals surface area (Å²) in [5, 5.41) is 9.92. The molecule has 0 aliphatic rings. The molecule has 3 nitrogen and oxygen atoms in total. The Hall–Kier alpha value is -0.290. The van der Waals surface area contributed by atoms with Gasteiger partial charge in [0.15, 0.2) is 9.84 Å². The highest BCUT2D eigenvalue weighted by molar-refractivity contribution is 7.94. The van der Waals surface area contributed by atoms with Crippen molar-refractivity contribution < 1.29 is 13.5 Å². The van der Waals surface area contributed by atoms with Crippen LogP contribution in [0.15, 0.2) is 24.3 Å². The lowest BCUT2D eigenvalue weighted by Gasteiger charge is -2.25. The Labute approximate surface area is 105 Å². The predicted molar refractivity (Wildman–Crippen MR) is 65.4 cm³/mol. The van der Waals surface area contributed by atoms with E-state index in [1.807, 2.05) is 0 Å². The summed E-state index contributed by atoms with van der Waals surface area (Å²) in [4.78, 5) is 0. The maximum atomic E-state index is 11.4. The first-order valence-electron chi connectivity index (χ1n) is 4.49. The molecule has 90 valence electrons. The second-order valence-corrected chi connectivity index (χ2v) is 7.62. The van der Waals surface area contributed by atoms with E-state index in [1.165, 1.54) is 0 Å². The number of aliphatic hydroxyl groups excluding tert-OH is 1. The van der Waals surface area contributed by atoms with Crippen LogP contribution in [0.4, 0.5) is 0 Å². The van der Waals surface area contributed by atoms with Gasteiger partial charge in [-0.2, -0.15) is 0 Å². The number of rotatable bonds is 3. The van der Waals surface area contributed by atoms with E-state index >= 15 is 0 Å². The van der Waals surface area contributed by atoms with Crippen LogP contribution in [0.5, 0.6) is 0 Å². The van der Waals surface area contributed by atoms with Crippen molar-refractivity contribution in [2.45, 2.75) is 16.7 Å². The molecule has 0 aliphatic heterocycles. The molecule has 0 bridgehead atoms. The monoisotopic (exact) mass is 282 g/mol. The van der Waals surface area contributed by atoms with Gasteiger partial charge in [-0.25, -0.2) is 8.42 Å². The summed E-state index contributed by atoms with van der Waals surface area (Å²) in [6.45, 7) is 1.74. The van der Waals surface area contributed by atoms with Gasteiger partial charge in [-0.15, -0.1) is 0 Å². The topological polar surface area (TPSA) is 54.4 Å². The van der Waals surface area contributed by atoms with Crippen molar-refractivity contribution in [2.75, 3.05) is 6.26 Å². The zero-order valence-corrected chi connectivity index (χ0v) is 11.1. The fourth-order valence-electron chi connectivity index (χ4n) is 1.28. The van der Waals surface area contributed by atoms with Gasteiger partial charge in [-0.3, -0.25) is 0 Å². The standard InChI is InChI=1S/C10H12Cl2O3S/c1-7-5-3-4-6-8(7)9(13)10(11,12)16(2,14)15/h3-6,9,13H,1-2H3. The van der Waals surface area contributed by atoms with E-state index in [0.29, 0.717) is 5.56 Å². The maximum absolute atomic E-state index is 11.4. The predicted octanol–water partition coefficient (Wildman–Crippen LogP) is 2.20. The van der Waals surface area contributed by atoms with Crippen molar-refractivity contribution >= 4 is 33.0 Å². The van der Waals surface area contributed by atoms with Crippen molar-refractivity contribution in [2.24, 2.45) is 0 Å². The van der Waals surface area contributed by atoms with Crippen LogP contribution < -0.4 is 0 Å². The molecule has 16 heavy (non-hydrogen) atoms. The van der Waals surface area contributed by atoms with Crippen LogP contribution in [0.3, 0.4) is 0 Å². The summed E-state index contributed by atoms with van der Waals surface area (Å²) in [5.41, 5.74) is 1.13. The summed E-state index contributed by atoms with van der Waals surface area (Å²) >= 11 is 11.4. The summed E-state index contributed by atoms with van der Waals surface area (Å²) in [7, 11) is -3.79. The van der Waals surface area contributed by atoms with Crippen LogP contribution in [-0.4, -0.2) is 23.4 Å². The van der Waals surface area contributed by atoms with E-state index in [1.54, 1.807) is 31.2 Å². The lowest BCUT2D eigenvalue weighted by molar-refractivity contribution is 0.180. The van der Waals surface area contributed by atoms with Crippen LogP contribution in [0.2, 0.25) is 0 Å². The molecule has 1 atom stereocenters. The number of alkyl halides is 2. The third-order valence-electron chi connectivity index (χ3n) is 2.30. The highest BCUT2D eigenvalue weighted by Crippen LogP contribution is 2.41. The lowest BCUT2D eigenvalue weighted by Crippen LogP contribution is -2.33. The van der Waals surface area contributed by atoms with Crippen LogP contribution in [0, 0.1) is 6.92 Å². The Kier molecular flexibility index (Phi) is 3.90. The number of aliphatic hydroxyl groups is 1. The Morgan fingerprint density at radius 2 is 1.81 bits per heavy atom. The smallest absolute Gasteiger partial charge is 0.247 e. The summed E-state index contributed by atoms with van der Waals surface area (Å²) in [6, 6.07) is 6.78. The number of sulfone groups is 1. The molecular weight excluding hydrogens is 271 g/mol. The molecule has 6 heteroatoms. The second-order valence-electron chi connectivity index (χ2n) is 3.59. The Morgan fingerprint density at radius 3 is 2.25 bits per heavy atom. The van der Waals surface area contributed by atoms with Gasteiger partial charge in [0.2, 0.25) is 3.67 Å². The zero-order valence-electron chi connectivity index (χ0n) is 8.81. The molecule has 0 amide bonds. The van der Waals surface area contributed by atoms with Gasteiger partial charge < -0.3 is 5.11 Å². The van der Waals surface area contributed by atoms with Crippen LogP contribution >= 0.6 is 23.2 Å². The number of aryl methyl sites for hydroxylation is 1. The fourth-order valence-corrected chi connectivity index (χ4v) is 2.05. The lowest BCUT2D eigenvalue weighted by atomic mass is 10.0. The molecule has 0 radical (unpaired) electrons. The third-order valence-corrected chi connectivity index (χ3v) is 5.60. The van der Waals surface area contributed by atoms with Crippen LogP contribution in [0.1, 0.15) is 17.2 Å². The van der Waals surface area contributed by atoms with Gasteiger partial charge >= 0.3 is 0 Å². The maximum Gasteiger partial charge on any atom is 0.247 e. The van der Waals surface area contributed by atoms with Gasteiger partial charge in [-0.05, 0) is 18.1 Å². The van der Waals surface area contributed by atoms with Gasteiger partial charge in [-0.1, -0.05) is 47.5 Å². The van der Waals surface area contributed by atoms with Crippen molar-refractivity contribution in [1.82, 2.24) is 0 Å². The molecule has 0 aromatic heterocycles. The summed E-state index contributed by atoms with van der Waals surface area (Å²) < 4.78 is 20.5. The van der Waals surface area contributed by atoms with E-state index in [0.717, 1.165) is 11.8 Å². The average molecular weight is 283 g/mol. The molecule has 1 N–H and O–H groups in total. The highest BCUT2D eigenvalue weighted by atomic mass is 35.5. The highest BCUT2D eigenvalue weighted by Gasteiger charge is 2.45. The molecule has 1 aromatic rings. The average Bonchev–Trinajstić information content (AvgIpc) is 2.15. The molecular formula is C10H12Cl2O3S. The van der Waals surface area contributed by atoms with Crippen molar-refractivity contribution in [3.63, 3.8) is 0 Å². The minimum atomic E-state index is -3.79. The molecule has 0 fully saturated rings. The summed E-state index contributed by atoms with van der Waals surface area (Å²) in [6.07, 6.45) is -0.596. The number of halogens is 2. The van der Waals surface area contributed by atoms with Gasteiger partial charge in [0.25, 0.3) is 0 Å². The normalized spacial score (nSPS) is 14.8. The molecule has 1 rings (SSSR count). The van der Waals surface area contributed by atoms with Crippen molar-refractivity contribution in [1.29, 1.82) is 0 Å². The molecule has 0 spiro atoms. The Morgan fingerprint density at radius 1 is 1.31 bits per heavy atom. The molecule has 0 aliphatic carbocycles. The largest absolute Gasteiger partial charge is 0.384 e. The Balaban J connectivity index is 3.23. The fraction of sp³-hybridized carbons (Fsp3) is 0.400. The van der Waals surface area contributed by atoms with Gasteiger partial charge in [0.05, 0.1) is 0 Å². The SMILES string of the molecule is Cc1ccccc1C(O)C(Cl)(Cl)S(C)(=O)=O. The van der Waals surface area contributed by atoms with Gasteiger partial charge in [0.1, 0.15) is 6.10 Å². The molecule has 1 aromatic carbocycles. The minimum Gasteiger partial charge on any atom is -0.384 e. The first kappa shape index (κ1) is 13.8. The van der Waals surface area contributed by atoms with Crippen molar-refractivity contribution in [3.8, 4) is 0 Å². The van der Waals surface area contributed by atoms with Crippen LogP contribution in [0.25, 0.3) is 0 Å². The van der Waals surface area contributed by atoms with Crippen molar-refractivity contribution in [3.05, 3.63) is 35.4 Å². The van der Waals surface area contributed by atoms with E-state index in [9.17, 15) is 13.5 Å². The molecule has 0 saturated carbocycles. The van der Waals surface area contributed by atoms with E-state index in [4.69, 9.17) is 23.2 Å². The summed E-state index contributed by atoms with van der Waals surface area (Å²) in [5.74, 6) is 0. The number of benzene rings is 1. The van der Waals surface area contributed by atoms with E-state index in [-0.39, 0.29) is 0 Å². The minimum absolute atomic E-state index is 0.401. The molecule has 0 saturated heterocycles. The zero-order chi connectivity index (χ0) is 12.6. The number of hydrogen-bond donors (Lipinski definition) is 1. The second kappa shape index (κ2) is 4.53. The molecule has 1 unspecified atom stereocenters. The van der Waals surface area contributed by atoms with Crippen LogP contribution in [-0.2, 0) is 9.84 Å². The third kappa shape index (κ3) is 2.51. The first-order chi connectivity index (χ1) is 7.18. The first-order valence-corrected chi connectivity index (χ1v) is 7.13. The van der Waals surface area contributed by atoms with E-state index < -0.39 is 19.6 Å². The molecule has 0 heterocycles. The van der Waals surface area contributed by atoms with E-state index in [2.05, 4.69) is 0 Å². The quantitative estimate of drug-likeness (QED) is 0.865. The number of hydrogen-bond acceptors (Lipinski definition) is 3. The Bertz CT molecular complexity index is 483. The van der Waals surface area contributed by atoms with Gasteiger partial charge in [0, 0.05) is 6.26 Å².